The number of benzene rings is 1. The third-order valence-electron chi connectivity index (χ3n) is 1.96. The maximum absolute atomic E-state index is 5.85. The second kappa shape index (κ2) is 4.01. The number of aryl methyl sites for hydroxylation is 1. The van der Waals surface area contributed by atoms with Crippen molar-refractivity contribution in [3.8, 4) is 11.3 Å². The molecule has 72 valence electrons. The van der Waals surface area contributed by atoms with Gasteiger partial charge in [-0.1, -0.05) is 47.2 Å². The molecule has 0 spiro atoms. The smallest absolute Gasteiger partial charge is 0.185 e. The monoisotopic (exact) mass is 287 g/mol. The molecule has 0 saturated carbocycles. The molecular formula is C10H7BrClNS. The zero-order valence-electron chi connectivity index (χ0n) is 7.42. The van der Waals surface area contributed by atoms with E-state index in [9.17, 15) is 0 Å². The van der Waals surface area contributed by atoms with Gasteiger partial charge < -0.3 is 0 Å². The fourth-order valence-electron chi connectivity index (χ4n) is 1.28. The molecule has 2 rings (SSSR count). The summed E-state index contributed by atoms with van der Waals surface area (Å²) >= 11 is 10.7. The van der Waals surface area contributed by atoms with Gasteiger partial charge in [0.25, 0.3) is 0 Å². The first-order chi connectivity index (χ1) is 6.68. The van der Waals surface area contributed by atoms with E-state index >= 15 is 0 Å². The maximum atomic E-state index is 5.85. The van der Waals surface area contributed by atoms with Crippen molar-refractivity contribution in [1.29, 1.82) is 0 Å². The van der Waals surface area contributed by atoms with Crippen LogP contribution < -0.4 is 0 Å². The molecule has 0 radical (unpaired) electrons. The van der Waals surface area contributed by atoms with Crippen molar-refractivity contribution in [3.63, 3.8) is 0 Å². The average Bonchev–Trinajstić information content (AvgIpc) is 2.46. The molecule has 0 fully saturated rings. The van der Waals surface area contributed by atoms with Gasteiger partial charge in [-0.2, -0.15) is 0 Å². The summed E-state index contributed by atoms with van der Waals surface area (Å²) in [5.41, 5.74) is 3.26. The van der Waals surface area contributed by atoms with Crippen LogP contribution in [0.3, 0.4) is 0 Å². The van der Waals surface area contributed by atoms with Gasteiger partial charge in [-0.3, -0.25) is 0 Å². The summed E-state index contributed by atoms with van der Waals surface area (Å²) in [5, 5.41) is 0. The van der Waals surface area contributed by atoms with Gasteiger partial charge in [0.1, 0.15) is 0 Å². The highest BCUT2D eigenvalue weighted by Crippen LogP contribution is 2.36. The Balaban J connectivity index is 2.60. The van der Waals surface area contributed by atoms with E-state index in [0.29, 0.717) is 4.47 Å². The normalized spacial score (nSPS) is 10.5. The van der Waals surface area contributed by atoms with Crippen LogP contribution in [0.1, 0.15) is 5.56 Å². The molecular weight excluding hydrogens is 282 g/mol. The second-order valence-electron chi connectivity index (χ2n) is 2.90. The van der Waals surface area contributed by atoms with E-state index in [1.54, 1.807) is 0 Å². The van der Waals surface area contributed by atoms with Gasteiger partial charge in [0, 0.05) is 5.56 Å². The quantitative estimate of drug-likeness (QED) is 0.751. The van der Waals surface area contributed by atoms with Crippen molar-refractivity contribution in [2.75, 3.05) is 0 Å². The van der Waals surface area contributed by atoms with E-state index in [-0.39, 0.29) is 0 Å². The Morgan fingerprint density at radius 1 is 1.36 bits per heavy atom. The average molecular weight is 289 g/mol. The van der Waals surface area contributed by atoms with E-state index < -0.39 is 0 Å². The lowest BCUT2D eigenvalue weighted by molar-refractivity contribution is 1.36. The van der Waals surface area contributed by atoms with Crippen LogP contribution in [-0.2, 0) is 0 Å². The Kier molecular flexibility index (Phi) is 2.91. The Bertz CT molecular complexity index is 467. The molecule has 4 heteroatoms. The van der Waals surface area contributed by atoms with Crippen LogP contribution in [0.15, 0.2) is 28.1 Å². The van der Waals surface area contributed by atoms with Crippen molar-refractivity contribution in [2.24, 2.45) is 0 Å². The predicted molar refractivity (Wildman–Crippen MR) is 65.0 cm³/mol. The lowest BCUT2D eigenvalue weighted by atomic mass is 10.1. The lowest BCUT2D eigenvalue weighted by Crippen LogP contribution is -1.82. The van der Waals surface area contributed by atoms with Crippen molar-refractivity contribution >= 4 is 38.9 Å². The van der Waals surface area contributed by atoms with Crippen LogP contribution >= 0.6 is 38.9 Å². The predicted octanol–water partition coefficient (Wildman–Crippen LogP) is 4.53. The molecule has 0 amide bonds. The van der Waals surface area contributed by atoms with Gasteiger partial charge >= 0.3 is 0 Å². The van der Waals surface area contributed by atoms with Crippen LogP contribution in [0, 0.1) is 6.92 Å². The van der Waals surface area contributed by atoms with Gasteiger partial charge in [-0.05, 0) is 28.4 Å². The fraction of sp³-hybridized carbons (Fsp3) is 0.100. The van der Waals surface area contributed by atoms with Crippen LogP contribution in [0.4, 0.5) is 0 Å². The zero-order chi connectivity index (χ0) is 10.1. The van der Waals surface area contributed by atoms with Crippen molar-refractivity contribution in [2.45, 2.75) is 6.92 Å². The van der Waals surface area contributed by atoms with Gasteiger partial charge in [-0.25, -0.2) is 4.98 Å². The lowest BCUT2D eigenvalue weighted by Gasteiger charge is -2.01. The summed E-state index contributed by atoms with van der Waals surface area (Å²) in [7, 11) is 0. The Morgan fingerprint density at radius 3 is 2.64 bits per heavy atom. The van der Waals surface area contributed by atoms with Gasteiger partial charge in [0.2, 0.25) is 0 Å². The van der Waals surface area contributed by atoms with Crippen molar-refractivity contribution in [1.82, 2.24) is 4.98 Å². The third-order valence-corrected chi connectivity index (χ3v) is 3.77. The van der Waals surface area contributed by atoms with Crippen LogP contribution in [0.25, 0.3) is 11.3 Å². The summed E-state index contributed by atoms with van der Waals surface area (Å²) in [5.74, 6) is 0. The molecule has 0 unspecified atom stereocenters. The topological polar surface area (TPSA) is 12.9 Å². The Labute approximate surface area is 99.9 Å². The van der Waals surface area contributed by atoms with E-state index in [0.717, 1.165) is 15.0 Å². The maximum Gasteiger partial charge on any atom is 0.185 e. The highest BCUT2D eigenvalue weighted by atomic mass is 79.9. The first-order valence-corrected chi connectivity index (χ1v) is 6.05. The number of thiazole rings is 1. The molecule has 1 heterocycles. The third kappa shape index (κ3) is 1.85. The van der Waals surface area contributed by atoms with Gasteiger partial charge in [-0.15, -0.1) is 0 Å². The summed E-state index contributed by atoms with van der Waals surface area (Å²) in [4.78, 5) is 4.28. The van der Waals surface area contributed by atoms with Gasteiger partial charge in [0.05, 0.1) is 9.48 Å². The molecule has 0 aliphatic carbocycles. The largest absolute Gasteiger partial charge is 0.224 e. The molecule has 1 aromatic heterocycles. The van der Waals surface area contributed by atoms with Crippen molar-refractivity contribution < 1.29 is 0 Å². The molecule has 1 nitrogen and oxygen atoms in total. The molecule has 1 aromatic carbocycles. The van der Waals surface area contributed by atoms with Crippen LogP contribution in [0.2, 0.25) is 4.47 Å². The molecule has 0 bridgehead atoms. The highest BCUT2D eigenvalue weighted by Gasteiger charge is 2.10. The summed E-state index contributed by atoms with van der Waals surface area (Å²) < 4.78 is 1.55. The standard InChI is InChI=1S/C10H7BrClNS/c1-6-4-2-3-5-7(6)8-9(11)14-10(12)13-8/h2-5H,1H3. The molecule has 0 aliphatic rings. The van der Waals surface area contributed by atoms with Crippen LogP contribution in [0.5, 0.6) is 0 Å². The molecule has 0 aliphatic heterocycles. The molecule has 2 aromatic rings. The molecule has 0 saturated heterocycles. The minimum Gasteiger partial charge on any atom is -0.224 e. The summed E-state index contributed by atoms with van der Waals surface area (Å²) in [6, 6.07) is 8.13. The fourth-order valence-corrected chi connectivity index (χ4v) is 3.18. The number of hydrogen-bond donors (Lipinski definition) is 0. The second-order valence-corrected chi connectivity index (χ2v) is 5.80. The number of hydrogen-bond acceptors (Lipinski definition) is 2. The van der Waals surface area contributed by atoms with Crippen LogP contribution in [-0.4, -0.2) is 4.98 Å². The minimum atomic E-state index is 0.565. The van der Waals surface area contributed by atoms with E-state index in [4.69, 9.17) is 11.6 Å². The first kappa shape index (κ1) is 10.1. The van der Waals surface area contributed by atoms with E-state index in [1.165, 1.54) is 16.9 Å². The molecule has 0 N–H and O–H groups in total. The Hall–Kier alpha value is -0.380. The van der Waals surface area contributed by atoms with Crippen molar-refractivity contribution in [3.05, 3.63) is 38.1 Å². The highest BCUT2D eigenvalue weighted by molar-refractivity contribution is 9.11. The number of aromatic nitrogens is 1. The first-order valence-electron chi connectivity index (χ1n) is 4.06. The van der Waals surface area contributed by atoms with Gasteiger partial charge in [0.15, 0.2) is 4.47 Å². The molecule has 14 heavy (non-hydrogen) atoms. The number of nitrogens with zero attached hydrogens (tertiary/aromatic N) is 1. The summed E-state index contributed by atoms with van der Waals surface area (Å²) in [6.07, 6.45) is 0. The zero-order valence-corrected chi connectivity index (χ0v) is 10.6. The summed E-state index contributed by atoms with van der Waals surface area (Å²) in [6.45, 7) is 2.06. The SMILES string of the molecule is Cc1ccccc1-c1nc(Cl)sc1Br. The number of rotatable bonds is 1. The van der Waals surface area contributed by atoms with E-state index in [2.05, 4.69) is 33.9 Å². The molecule has 0 atom stereocenters. The van der Waals surface area contributed by atoms with E-state index in [1.807, 2.05) is 18.2 Å². The minimum absolute atomic E-state index is 0.565. The number of halogens is 2. The Morgan fingerprint density at radius 2 is 2.07 bits per heavy atom.